The maximum absolute atomic E-state index is 10.7. The first-order valence-corrected chi connectivity index (χ1v) is 6.34. The number of hydrogen-bond donors (Lipinski definition) is 4. The van der Waals surface area contributed by atoms with Crippen LogP contribution in [0.15, 0.2) is 0 Å². The van der Waals surface area contributed by atoms with Gasteiger partial charge in [-0.2, -0.15) is 16.8 Å². The minimum Gasteiger partial charge on any atom is -1.00 e. The zero-order valence-electron chi connectivity index (χ0n) is 18.9. The van der Waals surface area contributed by atoms with Crippen molar-refractivity contribution in [1.29, 1.82) is 0 Å². The Labute approximate surface area is 256 Å². The van der Waals surface area contributed by atoms with Crippen LogP contribution >= 0.6 is 0 Å². The van der Waals surface area contributed by atoms with E-state index in [9.17, 15) is 26.4 Å². The van der Waals surface area contributed by atoms with Crippen LogP contribution in [0, 0.1) is 0 Å². The summed E-state index contributed by atoms with van der Waals surface area (Å²) in [6, 6.07) is 0. The van der Waals surface area contributed by atoms with Gasteiger partial charge in [0.1, 0.15) is 0 Å². The Kier molecular flexibility index (Phi) is 26.2. The quantitative estimate of drug-likeness (QED) is 0.219. The van der Waals surface area contributed by atoms with E-state index in [1.165, 1.54) is 0 Å². The summed E-state index contributed by atoms with van der Waals surface area (Å²) in [6.07, 6.45) is -5.75. The Morgan fingerprint density at radius 3 is 1.05 bits per heavy atom. The third-order valence-corrected chi connectivity index (χ3v) is 1.91. The summed E-state index contributed by atoms with van der Waals surface area (Å²) < 4.78 is 62.5. The van der Waals surface area contributed by atoms with Crippen LogP contribution in [-0.4, -0.2) is 211 Å². The molecule has 0 aliphatic rings. The smallest absolute Gasteiger partial charge is 1.00 e. The summed E-state index contributed by atoms with van der Waals surface area (Å²) in [5.41, 5.74) is 0. The zero-order valence-corrected chi connectivity index (χ0v) is 21.3. The fourth-order valence-corrected chi connectivity index (χ4v) is 1.18. The van der Waals surface area contributed by atoms with E-state index in [4.69, 9.17) is 19.3 Å². The first kappa shape index (κ1) is 36.6. The standard InChI is InChI=1S/C4H6O12S2.4Ca.8H/c5-1(3(7)15-17(9,10)11)2(6)4(8)16-18(12,13)14;;;;;;;;;;;;/h1-2,5-6H,(H,9,10,11)(H,12,13,14);;;;;;;;;;;;/q;4*+2;8*-1. The van der Waals surface area contributed by atoms with Crippen molar-refractivity contribution in [2.24, 2.45) is 0 Å². The predicted molar refractivity (Wildman–Crippen MR) is 79.2 cm³/mol. The summed E-state index contributed by atoms with van der Waals surface area (Å²) in [4.78, 5) is 21.4. The molecule has 4 N–H and O–H groups in total. The second-order valence-electron chi connectivity index (χ2n) is 2.55. The van der Waals surface area contributed by atoms with Gasteiger partial charge in [0.05, 0.1) is 0 Å². The number of hydrogen-bond acceptors (Lipinski definition) is 10. The van der Waals surface area contributed by atoms with E-state index in [2.05, 4.69) is 8.37 Å². The molecule has 0 aromatic heterocycles. The molecule has 0 aromatic carbocycles. The van der Waals surface area contributed by atoms with Gasteiger partial charge in [0.2, 0.25) is 0 Å². The molecule has 0 radical (unpaired) electrons. The average molecular weight is 479 g/mol. The van der Waals surface area contributed by atoms with Crippen LogP contribution in [0.5, 0.6) is 0 Å². The van der Waals surface area contributed by atoms with Crippen LogP contribution in [-0.2, 0) is 38.8 Å². The monoisotopic (exact) mass is 478 g/mol. The molecule has 0 amide bonds. The fraction of sp³-hybridized carbons (Fsp3) is 0.500. The Bertz CT molecular complexity index is 517. The Morgan fingerprint density at radius 2 is 0.909 bits per heavy atom. The molecule has 2 unspecified atom stereocenters. The molecule has 12 nitrogen and oxygen atoms in total. The Morgan fingerprint density at radius 1 is 0.727 bits per heavy atom. The molecule has 0 aliphatic carbocycles. The molecule has 18 heteroatoms. The zero-order chi connectivity index (χ0) is 14.7. The largest absolute Gasteiger partial charge is 2.00 e. The molecule has 0 aliphatic heterocycles. The summed E-state index contributed by atoms with van der Waals surface area (Å²) in [5.74, 6) is -4.37. The molecule has 0 rings (SSSR count). The van der Waals surface area contributed by atoms with Crippen molar-refractivity contribution in [3.8, 4) is 0 Å². The van der Waals surface area contributed by atoms with Crippen LogP contribution in [0.2, 0.25) is 0 Å². The first-order valence-electron chi connectivity index (χ1n) is 3.61. The van der Waals surface area contributed by atoms with Crippen LogP contribution in [0.25, 0.3) is 0 Å². The van der Waals surface area contributed by atoms with Gasteiger partial charge in [-0.05, 0) is 0 Å². The predicted octanol–water partition coefficient (Wildman–Crippen LogP) is -4.22. The van der Waals surface area contributed by atoms with E-state index >= 15 is 0 Å². The van der Waals surface area contributed by atoms with Crippen LogP contribution in [0.3, 0.4) is 0 Å². The molecule has 122 valence electrons. The Hall–Kier alpha value is 3.72. The van der Waals surface area contributed by atoms with Crippen molar-refractivity contribution in [3.63, 3.8) is 0 Å². The van der Waals surface area contributed by atoms with E-state index in [0.717, 1.165) is 0 Å². The summed E-state index contributed by atoms with van der Waals surface area (Å²) >= 11 is 0. The van der Waals surface area contributed by atoms with E-state index in [0.29, 0.717) is 0 Å². The first-order chi connectivity index (χ1) is 7.83. The molecule has 2 atom stereocenters. The van der Waals surface area contributed by atoms with Gasteiger partial charge >= 0.3 is 184 Å². The summed E-state index contributed by atoms with van der Waals surface area (Å²) in [5, 5.41) is 17.7. The topological polar surface area (TPSA) is 202 Å². The minimum absolute atomic E-state index is 0. The van der Waals surface area contributed by atoms with Gasteiger partial charge in [0, 0.05) is 0 Å². The van der Waals surface area contributed by atoms with Crippen molar-refractivity contribution in [3.05, 3.63) is 0 Å². The molecule has 0 saturated heterocycles. The second-order valence-corrected chi connectivity index (χ2v) is 4.59. The minimum atomic E-state index is -5.30. The third kappa shape index (κ3) is 18.5. The van der Waals surface area contributed by atoms with Crippen molar-refractivity contribution < 1.29 is 65.5 Å². The maximum atomic E-state index is 10.7. The molecule has 0 aromatic rings. The summed E-state index contributed by atoms with van der Waals surface area (Å²) in [6.45, 7) is 0. The van der Waals surface area contributed by atoms with Gasteiger partial charge in [0.25, 0.3) is 0 Å². The molecule has 0 bridgehead atoms. The van der Waals surface area contributed by atoms with Crippen LogP contribution < -0.4 is 0 Å². The number of aliphatic hydroxyl groups excluding tert-OH is 2. The van der Waals surface area contributed by atoms with Gasteiger partial charge < -0.3 is 30.0 Å². The third-order valence-electron chi connectivity index (χ3n) is 1.16. The molecule has 0 spiro atoms. The second kappa shape index (κ2) is 15.7. The molecule has 0 saturated carbocycles. The van der Waals surface area contributed by atoms with Gasteiger partial charge in [0.15, 0.2) is 12.2 Å². The normalized spacial score (nSPS) is 12.7. The van der Waals surface area contributed by atoms with Crippen molar-refractivity contribution in [2.45, 2.75) is 12.2 Å². The van der Waals surface area contributed by atoms with Gasteiger partial charge in [-0.25, -0.2) is 9.59 Å². The van der Waals surface area contributed by atoms with Crippen molar-refractivity contribution >= 4 is 184 Å². The van der Waals surface area contributed by atoms with E-state index < -0.39 is 44.9 Å². The average Bonchev–Trinajstić information content (AvgIpc) is 2.09. The molecular weight excluding hydrogens is 464 g/mol. The number of carbonyl (C=O) groups excluding carboxylic acids is 2. The Balaban J connectivity index is -0.0000000219. The van der Waals surface area contributed by atoms with E-state index in [1.54, 1.807) is 0 Å². The number of rotatable bonds is 5. The fourth-order valence-electron chi connectivity index (χ4n) is 0.564. The molecule has 0 heterocycles. The van der Waals surface area contributed by atoms with Crippen molar-refractivity contribution in [2.75, 3.05) is 0 Å². The molecular formula is C4H14Ca4O12S2. The van der Waals surface area contributed by atoms with E-state index in [1.807, 2.05) is 0 Å². The number of aliphatic hydroxyl groups is 2. The van der Waals surface area contributed by atoms with Gasteiger partial charge in [-0.3, -0.25) is 9.11 Å². The number of carbonyl (C=O) groups is 2. The van der Waals surface area contributed by atoms with Crippen molar-refractivity contribution in [1.82, 2.24) is 0 Å². The van der Waals surface area contributed by atoms with Gasteiger partial charge in [-0.15, -0.1) is 0 Å². The van der Waals surface area contributed by atoms with E-state index in [-0.39, 0.29) is 162 Å². The summed E-state index contributed by atoms with van der Waals surface area (Å²) in [7, 11) is -10.6. The SMILES string of the molecule is O=C(OS(=O)(=O)O)C(O)C(O)C(=O)OS(=O)(=O)O.[Ca+2].[Ca+2].[Ca+2].[Ca+2].[H-].[H-].[H-].[H-].[H-].[H-].[H-].[H-]. The maximum Gasteiger partial charge on any atom is 2.00 e. The molecule has 0 fully saturated rings. The molecule has 22 heavy (non-hydrogen) atoms. The van der Waals surface area contributed by atoms with Crippen LogP contribution in [0.1, 0.15) is 11.4 Å². The van der Waals surface area contributed by atoms with Crippen LogP contribution in [0.4, 0.5) is 0 Å². The van der Waals surface area contributed by atoms with Gasteiger partial charge in [-0.1, -0.05) is 0 Å².